The molecule has 0 fully saturated rings. The summed E-state index contributed by atoms with van der Waals surface area (Å²) in [6.45, 7) is 0. The van der Waals surface area contributed by atoms with Crippen molar-refractivity contribution in [2.75, 3.05) is 5.73 Å². The maximum atomic E-state index is 13.4. The molecular weight excluding hydrogens is 242 g/mol. The van der Waals surface area contributed by atoms with Gasteiger partial charge in [-0.15, -0.1) is 11.3 Å². The molecule has 0 atom stereocenters. The van der Waals surface area contributed by atoms with E-state index in [2.05, 4.69) is 4.98 Å². The minimum atomic E-state index is -0.681. The lowest BCUT2D eigenvalue weighted by atomic mass is 10.1. The quantitative estimate of drug-likeness (QED) is 0.784. The fourth-order valence-corrected chi connectivity index (χ4v) is 1.97. The lowest BCUT2D eigenvalue weighted by Crippen LogP contribution is -1.90. The molecule has 2 aromatic rings. The van der Waals surface area contributed by atoms with Crippen LogP contribution >= 0.6 is 22.9 Å². The summed E-state index contributed by atoms with van der Waals surface area (Å²) in [6, 6.07) is 1.98. The molecule has 6 heteroatoms. The minimum Gasteiger partial charge on any atom is -0.375 e. The van der Waals surface area contributed by atoms with Crippen LogP contribution in [0.15, 0.2) is 17.5 Å². The molecule has 0 aliphatic heterocycles. The predicted molar refractivity (Wildman–Crippen MR) is 56.9 cm³/mol. The summed E-state index contributed by atoms with van der Waals surface area (Å²) >= 11 is 6.79. The fourth-order valence-electron chi connectivity index (χ4n) is 1.16. The van der Waals surface area contributed by atoms with Crippen molar-refractivity contribution >= 4 is 28.1 Å². The number of benzene rings is 1. The number of rotatable bonds is 1. The Morgan fingerprint density at radius 3 is 2.53 bits per heavy atom. The van der Waals surface area contributed by atoms with E-state index >= 15 is 0 Å². The van der Waals surface area contributed by atoms with Gasteiger partial charge in [0.2, 0.25) is 0 Å². The van der Waals surface area contributed by atoms with E-state index in [4.69, 9.17) is 17.3 Å². The highest BCUT2D eigenvalue weighted by Crippen LogP contribution is 2.33. The first-order valence-corrected chi connectivity index (χ1v) is 5.20. The van der Waals surface area contributed by atoms with Gasteiger partial charge < -0.3 is 5.73 Å². The van der Waals surface area contributed by atoms with Crippen molar-refractivity contribution < 1.29 is 8.78 Å². The Balaban J connectivity index is 2.66. The van der Waals surface area contributed by atoms with Crippen molar-refractivity contribution in [2.45, 2.75) is 0 Å². The van der Waals surface area contributed by atoms with Crippen LogP contribution in [-0.4, -0.2) is 4.98 Å². The molecule has 0 saturated heterocycles. The molecule has 1 aromatic heterocycles. The Labute approximate surface area is 93.3 Å². The van der Waals surface area contributed by atoms with Crippen molar-refractivity contribution in [3.8, 4) is 11.3 Å². The number of thiazole rings is 1. The van der Waals surface area contributed by atoms with Crippen molar-refractivity contribution in [1.29, 1.82) is 0 Å². The lowest BCUT2D eigenvalue weighted by molar-refractivity contribution is 0.603. The Morgan fingerprint density at radius 2 is 1.93 bits per heavy atom. The Morgan fingerprint density at radius 1 is 1.27 bits per heavy atom. The average molecular weight is 247 g/mol. The Bertz CT molecular complexity index is 513. The largest absolute Gasteiger partial charge is 0.375 e. The van der Waals surface area contributed by atoms with E-state index in [0.717, 1.165) is 23.5 Å². The lowest BCUT2D eigenvalue weighted by Gasteiger charge is -2.03. The highest BCUT2D eigenvalue weighted by molar-refractivity contribution is 7.13. The van der Waals surface area contributed by atoms with Gasteiger partial charge in [0.1, 0.15) is 11.6 Å². The van der Waals surface area contributed by atoms with Crippen LogP contribution in [-0.2, 0) is 0 Å². The van der Waals surface area contributed by atoms with Crippen LogP contribution in [0.1, 0.15) is 0 Å². The zero-order valence-electron chi connectivity index (χ0n) is 7.30. The molecule has 0 bridgehead atoms. The van der Waals surface area contributed by atoms with E-state index in [9.17, 15) is 8.78 Å². The van der Waals surface area contributed by atoms with Crippen LogP contribution in [0.3, 0.4) is 0 Å². The summed E-state index contributed by atoms with van der Waals surface area (Å²) in [5.41, 5.74) is 5.60. The van der Waals surface area contributed by atoms with Gasteiger partial charge >= 0.3 is 0 Å². The van der Waals surface area contributed by atoms with Gasteiger partial charge in [0.05, 0.1) is 16.3 Å². The fraction of sp³-hybridized carbons (Fsp3) is 0. The van der Waals surface area contributed by atoms with Gasteiger partial charge in [-0.25, -0.2) is 13.8 Å². The second-order valence-corrected chi connectivity index (χ2v) is 4.06. The van der Waals surface area contributed by atoms with Gasteiger partial charge in [-0.2, -0.15) is 0 Å². The molecule has 1 aromatic carbocycles. The molecule has 2 rings (SSSR count). The van der Waals surface area contributed by atoms with Gasteiger partial charge in [0.15, 0.2) is 5.13 Å². The summed E-state index contributed by atoms with van der Waals surface area (Å²) in [5, 5.41) is 1.53. The number of nitrogen functional groups attached to an aromatic ring is 1. The van der Waals surface area contributed by atoms with Crippen LogP contribution in [0, 0.1) is 11.6 Å². The second kappa shape index (κ2) is 3.75. The maximum Gasteiger partial charge on any atom is 0.180 e. The molecule has 0 radical (unpaired) electrons. The van der Waals surface area contributed by atoms with Crippen LogP contribution in [0.25, 0.3) is 11.3 Å². The molecule has 15 heavy (non-hydrogen) atoms. The number of hydrogen-bond donors (Lipinski definition) is 1. The molecular formula is C9H5ClF2N2S. The number of aromatic nitrogens is 1. The first-order valence-electron chi connectivity index (χ1n) is 3.94. The highest BCUT2D eigenvalue weighted by Gasteiger charge is 2.16. The first kappa shape index (κ1) is 10.3. The summed E-state index contributed by atoms with van der Waals surface area (Å²) in [6.07, 6.45) is 0. The molecule has 0 unspecified atom stereocenters. The smallest absolute Gasteiger partial charge is 0.180 e. The second-order valence-electron chi connectivity index (χ2n) is 2.79. The molecule has 2 nitrogen and oxygen atoms in total. The topological polar surface area (TPSA) is 38.9 Å². The Hall–Kier alpha value is -1.20. The minimum absolute atomic E-state index is 0.0513. The molecule has 0 saturated carbocycles. The van der Waals surface area contributed by atoms with Crippen LogP contribution in [0.2, 0.25) is 5.02 Å². The highest BCUT2D eigenvalue weighted by atomic mass is 35.5. The predicted octanol–water partition coefficient (Wildman–Crippen LogP) is 3.32. The molecule has 78 valence electrons. The molecule has 0 amide bonds. The summed E-state index contributed by atoms with van der Waals surface area (Å²) < 4.78 is 26.5. The van der Waals surface area contributed by atoms with Crippen LogP contribution in [0.4, 0.5) is 13.9 Å². The monoisotopic (exact) mass is 246 g/mol. The molecule has 1 heterocycles. The SMILES string of the molecule is Nc1nc(-c2c(F)ccc(F)c2Cl)cs1. The number of nitrogens with two attached hydrogens (primary N) is 1. The number of anilines is 1. The molecule has 0 aliphatic rings. The Kier molecular flexibility index (Phi) is 2.58. The standard InChI is InChI=1S/C9H5ClF2N2S/c10-8-5(12)2-1-4(11)7(8)6-3-15-9(13)14-6/h1-3H,(H2,13,14). The maximum absolute atomic E-state index is 13.4. The third kappa shape index (κ3) is 1.80. The normalized spacial score (nSPS) is 10.6. The molecule has 0 aliphatic carbocycles. The van der Waals surface area contributed by atoms with E-state index in [1.54, 1.807) is 0 Å². The zero-order chi connectivity index (χ0) is 11.0. The van der Waals surface area contributed by atoms with Crippen molar-refractivity contribution in [2.24, 2.45) is 0 Å². The van der Waals surface area contributed by atoms with Crippen LogP contribution < -0.4 is 5.73 Å². The average Bonchev–Trinajstić information content (AvgIpc) is 2.59. The van der Waals surface area contributed by atoms with E-state index in [-0.39, 0.29) is 21.4 Å². The van der Waals surface area contributed by atoms with Crippen molar-refractivity contribution in [3.63, 3.8) is 0 Å². The van der Waals surface area contributed by atoms with E-state index in [1.807, 2.05) is 0 Å². The summed E-state index contributed by atoms with van der Waals surface area (Å²) in [5.74, 6) is -1.30. The third-order valence-corrected chi connectivity index (χ3v) is 2.87. The van der Waals surface area contributed by atoms with Gasteiger partial charge in [-0.05, 0) is 12.1 Å². The first-order chi connectivity index (χ1) is 7.09. The van der Waals surface area contributed by atoms with Crippen LogP contribution in [0.5, 0.6) is 0 Å². The zero-order valence-corrected chi connectivity index (χ0v) is 8.87. The van der Waals surface area contributed by atoms with Crippen molar-refractivity contribution in [1.82, 2.24) is 4.98 Å². The number of hydrogen-bond acceptors (Lipinski definition) is 3. The summed E-state index contributed by atoms with van der Waals surface area (Å²) in [4.78, 5) is 3.85. The number of nitrogens with zero attached hydrogens (tertiary/aromatic N) is 1. The summed E-state index contributed by atoms with van der Waals surface area (Å²) in [7, 11) is 0. The molecule has 0 spiro atoms. The van der Waals surface area contributed by atoms with Gasteiger partial charge in [-0.3, -0.25) is 0 Å². The third-order valence-electron chi connectivity index (χ3n) is 1.82. The van der Waals surface area contributed by atoms with Gasteiger partial charge in [-0.1, -0.05) is 11.6 Å². The van der Waals surface area contributed by atoms with E-state index in [1.165, 1.54) is 5.38 Å². The van der Waals surface area contributed by atoms with Crippen molar-refractivity contribution in [3.05, 3.63) is 34.2 Å². The number of halogens is 3. The van der Waals surface area contributed by atoms with E-state index in [0.29, 0.717) is 0 Å². The van der Waals surface area contributed by atoms with E-state index < -0.39 is 11.6 Å². The van der Waals surface area contributed by atoms with Gasteiger partial charge in [0.25, 0.3) is 0 Å². The molecule has 2 N–H and O–H groups in total. The van der Waals surface area contributed by atoms with Gasteiger partial charge in [0, 0.05) is 5.38 Å².